The summed E-state index contributed by atoms with van der Waals surface area (Å²) in [6, 6.07) is 0. The third kappa shape index (κ3) is 10.3. The molecule has 3 nitrogen and oxygen atoms in total. The first-order valence-corrected chi connectivity index (χ1v) is 8.05. The van der Waals surface area contributed by atoms with Gasteiger partial charge in [0.15, 0.2) is 0 Å². The van der Waals surface area contributed by atoms with Gasteiger partial charge in [0.25, 0.3) is 0 Å². The molecule has 22 heavy (non-hydrogen) atoms. The first-order valence-electron chi connectivity index (χ1n) is 8.05. The van der Waals surface area contributed by atoms with Crippen LogP contribution in [0, 0.1) is 11.8 Å². The van der Waals surface area contributed by atoms with Gasteiger partial charge in [0.2, 0.25) is 0 Å². The summed E-state index contributed by atoms with van der Waals surface area (Å²) in [5.74, 6) is 6.64. The second kappa shape index (κ2) is 13.2. The Hall–Kier alpha value is -1.50. The number of ether oxygens (including phenoxy) is 1. The van der Waals surface area contributed by atoms with Crippen molar-refractivity contribution in [2.75, 3.05) is 6.61 Å². The van der Waals surface area contributed by atoms with Crippen molar-refractivity contribution in [1.29, 1.82) is 0 Å². The van der Waals surface area contributed by atoms with Crippen LogP contribution in [-0.2, 0) is 4.74 Å². The molecule has 0 spiro atoms. The summed E-state index contributed by atoms with van der Waals surface area (Å²) in [6.07, 6.45) is 9.47. The van der Waals surface area contributed by atoms with Crippen molar-refractivity contribution in [1.82, 2.24) is 0 Å². The summed E-state index contributed by atoms with van der Waals surface area (Å²) in [6.45, 7) is 10.2. The predicted molar refractivity (Wildman–Crippen MR) is 92.2 cm³/mol. The summed E-state index contributed by atoms with van der Waals surface area (Å²) in [4.78, 5) is 0. The van der Waals surface area contributed by atoms with Gasteiger partial charge in [-0.25, -0.2) is 0 Å². The zero-order valence-corrected chi connectivity index (χ0v) is 14.1. The second-order valence-corrected chi connectivity index (χ2v) is 5.25. The zero-order valence-electron chi connectivity index (χ0n) is 14.1. The van der Waals surface area contributed by atoms with E-state index in [0.29, 0.717) is 25.7 Å². The van der Waals surface area contributed by atoms with E-state index in [1.54, 1.807) is 0 Å². The van der Waals surface area contributed by atoms with Crippen LogP contribution in [0.1, 0.15) is 52.9 Å². The molecule has 124 valence electrons. The van der Waals surface area contributed by atoms with E-state index in [1.807, 2.05) is 25.2 Å². The van der Waals surface area contributed by atoms with Crippen LogP contribution in [-0.4, -0.2) is 29.0 Å². The Morgan fingerprint density at radius 2 is 1.95 bits per heavy atom. The highest BCUT2D eigenvalue weighted by molar-refractivity contribution is 5.37. The minimum Gasteiger partial charge on any atom is -0.491 e. The van der Waals surface area contributed by atoms with Crippen molar-refractivity contribution in [3.8, 4) is 11.8 Å². The van der Waals surface area contributed by atoms with Crippen LogP contribution >= 0.6 is 0 Å². The van der Waals surface area contributed by atoms with Gasteiger partial charge in [0.1, 0.15) is 11.9 Å². The van der Waals surface area contributed by atoms with Gasteiger partial charge in [-0.2, -0.15) is 0 Å². The van der Waals surface area contributed by atoms with Crippen LogP contribution in [0.4, 0.5) is 0 Å². The highest BCUT2D eigenvalue weighted by atomic mass is 16.5. The van der Waals surface area contributed by atoms with Crippen LogP contribution in [0.15, 0.2) is 36.1 Å². The van der Waals surface area contributed by atoms with Crippen molar-refractivity contribution in [2.24, 2.45) is 0 Å². The molecule has 1 aliphatic rings. The molecule has 0 aromatic carbocycles. The van der Waals surface area contributed by atoms with Crippen LogP contribution in [0.25, 0.3) is 0 Å². The van der Waals surface area contributed by atoms with Crippen molar-refractivity contribution in [2.45, 2.75) is 65.1 Å². The predicted octanol–water partition coefficient (Wildman–Crippen LogP) is 3.73. The molecule has 1 fully saturated rings. The van der Waals surface area contributed by atoms with Gasteiger partial charge in [-0.05, 0) is 31.6 Å². The van der Waals surface area contributed by atoms with Crippen molar-refractivity contribution in [3.63, 3.8) is 0 Å². The Kier molecular flexibility index (Phi) is 12.3. The molecule has 0 bridgehead atoms. The molecule has 0 saturated heterocycles. The fourth-order valence-corrected chi connectivity index (χ4v) is 1.60. The van der Waals surface area contributed by atoms with Gasteiger partial charge in [0, 0.05) is 31.4 Å². The summed E-state index contributed by atoms with van der Waals surface area (Å²) >= 11 is 0. The van der Waals surface area contributed by atoms with E-state index < -0.39 is 0 Å². The molecule has 0 heterocycles. The summed E-state index contributed by atoms with van der Waals surface area (Å²) in [5.41, 5.74) is 0.717. The van der Waals surface area contributed by atoms with E-state index in [0.717, 1.165) is 11.3 Å². The maximum Gasteiger partial charge on any atom is 0.115 e. The fraction of sp³-hybridized carbons (Fsp3) is 0.579. The van der Waals surface area contributed by atoms with Gasteiger partial charge in [-0.15, -0.1) is 0 Å². The Morgan fingerprint density at radius 1 is 1.32 bits per heavy atom. The summed E-state index contributed by atoms with van der Waals surface area (Å²) in [5, 5.41) is 17.8. The molecule has 0 aromatic rings. The molecule has 3 heteroatoms. The van der Waals surface area contributed by atoms with Crippen LogP contribution in [0.2, 0.25) is 0 Å². The quantitative estimate of drug-likeness (QED) is 0.340. The third-order valence-corrected chi connectivity index (χ3v) is 2.81. The fourth-order valence-electron chi connectivity index (χ4n) is 1.60. The van der Waals surface area contributed by atoms with Crippen molar-refractivity contribution in [3.05, 3.63) is 36.1 Å². The standard InChI is InChI=1S/C16H22O3.C3H8/c1-3-15(19-16-11-14(18)12-16)9-8-13(2)7-5-4-6-10-17;1-3-2/h3,8-9,14,16-18H,2,4,6,10-12H2,1H3;3H2,1-2H3/b9-8-,15-3+;. The largest absolute Gasteiger partial charge is 0.491 e. The molecule has 1 rings (SSSR count). The lowest BCUT2D eigenvalue weighted by molar-refractivity contribution is -0.0402. The molecule has 0 aromatic heterocycles. The van der Waals surface area contributed by atoms with Crippen LogP contribution < -0.4 is 0 Å². The molecule has 1 saturated carbocycles. The van der Waals surface area contributed by atoms with Crippen LogP contribution in [0.5, 0.6) is 0 Å². The molecule has 2 N–H and O–H groups in total. The van der Waals surface area contributed by atoms with E-state index in [2.05, 4.69) is 32.3 Å². The van der Waals surface area contributed by atoms with E-state index in [-0.39, 0.29) is 18.8 Å². The zero-order chi connectivity index (χ0) is 16.8. The molecule has 0 amide bonds. The van der Waals surface area contributed by atoms with Crippen LogP contribution in [0.3, 0.4) is 0 Å². The number of aliphatic hydroxyl groups excluding tert-OH is 2. The Bertz CT molecular complexity index is 418. The maximum atomic E-state index is 9.20. The molecule has 0 radical (unpaired) electrons. The van der Waals surface area contributed by atoms with Gasteiger partial charge >= 0.3 is 0 Å². The van der Waals surface area contributed by atoms with Crippen molar-refractivity contribution < 1.29 is 14.9 Å². The first-order chi connectivity index (χ1) is 10.6. The third-order valence-electron chi connectivity index (χ3n) is 2.81. The first kappa shape index (κ1) is 20.5. The van der Waals surface area contributed by atoms with E-state index >= 15 is 0 Å². The van der Waals surface area contributed by atoms with Gasteiger partial charge in [-0.3, -0.25) is 0 Å². The molecule has 0 atom stereocenters. The van der Waals surface area contributed by atoms with Gasteiger partial charge in [0.05, 0.1) is 6.10 Å². The number of unbranched alkanes of at least 4 members (excludes halogenated alkanes) is 1. The van der Waals surface area contributed by atoms with Crippen molar-refractivity contribution >= 4 is 0 Å². The molecular formula is C19H30O3. The van der Waals surface area contributed by atoms with Gasteiger partial charge in [-0.1, -0.05) is 38.7 Å². The molecule has 0 unspecified atom stereocenters. The van der Waals surface area contributed by atoms with Gasteiger partial charge < -0.3 is 14.9 Å². The average molecular weight is 306 g/mol. The Morgan fingerprint density at radius 3 is 2.45 bits per heavy atom. The normalized spacial score (nSPS) is 20.3. The topological polar surface area (TPSA) is 49.7 Å². The average Bonchev–Trinajstić information content (AvgIpc) is 2.46. The minimum absolute atomic E-state index is 0.120. The number of allylic oxidation sites excluding steroid dienone is 4. The summed E-state index contributed by atoms with van der Waals surface area (Å²) < 4.78 is 5.69. The highest BCUT2D eigenvalue weighted by Gasteiger charge is 2.28. The lowest BCUT2D eigenvalue weighted by atomic mass is 9.92. The number of hydrogen-bond donors (Lipinski definition) is 2. The van der Waals surface area contributed by atoms with E-state index in [4.69, 9.17) is 9.84 Å². The minimum atomic E-state index is -0.209. The Balaban J connectivity index is 0.00000135. The molecule has 0 aliphatic heterocycles. The SMILES string of the molecule is C=C(C#CCCCO)/C=C\C(=C/C)OC1CC(O)C1.CCC. The second-order valence-electron chi connectivity index (χ2n) is 5.25. The lowest BCUT2D eigenvalue weighted by Gasteiger charge is -2.31. The Labute approximate surface area is 135 Å². The molecular weight excluding hydrogens is 276 g/mol. The van der Waals surface area contributed by atoms with E-state index in [1.165, 1.54) is 6.42 Å². The number of hydrogen-bond acceptors (Lipinski definition) is 3. The van der Waals surface area contributed by atoms with E-state index in [9.17, 15) is 5.11 Å². The molecule has 1 aliphatic carbocycles. The number of aliphatic hydroxyl groups is 2. The lowest BCUT2D eigenvalue weighted by Crippen LogP contribution is -2.34. The monoisotopic (exact) mass is 306 g/mol. The highest BCUT2D eigenvalue weighted by Crippen LogP contribution is 2.25. The number of rotatable bonds is 6. The summed E-state index contributed by atoms with van der Waals surface area (Å²) in [7, 11) is 0. The maximum absolute atomic E-state index is 9.20. The smallest absolute Gasteiger partial charge is 0.115 e.